The first-order valence-corrected chi connectivity index (χ1v) is 9.77. The van der Waals surface area contributed by atoms with Crippen LogP contribution in [0, 0.1) is 18.7 Å². The number of benzene rings is 2. The summed E-state index contributed by atoms with van der Waals surface area (Å²) >= 11 is 0. The fourth-order valence-electron chi connectivity index (χ4n) is 3.97. The highest BCUT2D eigenvalue weighted by Crippen LogP contribution is 2.31. The van der Waals surface area contributed by atoms with Gasteiger partial charge in [-0.15, -0.1) is 10.2 Å². The van der Waals surface area contributed by atoms with Crippen LogP contribution in [-0.4, -0.2) is 32.7 Å². The second kappa shape index (κ2) is 6.55. The van der Waals surface area contributed by atoms with Gasteiger partial charge < -0.3 is 4.90 Å². The van der Waals surface area contributed by atoms with Crippen LogP contribution in [0.1, 0.15) is 25.3 Å². The first kappa shape index (κ1) is 17.1. The maximum atomic E-state index is 14.6. The van der Waals surface area contributed by atoms with Crippen molar-refractivity contribution in [1.82, 2.24) is 19.6 Å². The maximum Gasteiger partial charge on any atom is 0.213 e. The predicted octanol–water partition coefficient (Wildman–Crippen LogP) is 4.63. The van der Waals surface area contributed by atoms with Crippen LogP contribution >= 0.6 is 0 Å². The SMILES string of the molecule is Cc1ccc2nc(N3CCC(C)CC3)n3c(-c4ccccc4F)nnc3c2c1. The number of fused-ring (bicyclic) bond motifs is 3. The van der Waals surface area contributed by atoms with E-state index in [0.717, 1.165) is 54.0 Å². The Kier molecular flexibility index (Phi) is 4.00. The summed E-state index contributed by atoms with van der Waals surface area (Å²) in [5, 5.41) is 9.77. The molecule has 5 nitrogen and oxygen atoms in total. The Morgan fingerprint density at radius 3 is 2.61 bits per heavy atom. The fraction of sp³-hybridized carbons (Fsp3) is 0.318. The van der Waals surface area contributed by atoms with E-state index in [-0.39, 0.29) is 5.82 Å². The van der Waals surface area contributed by atoms with Crippen molar-refractivity contribution in [3.63, 3.8) is 0 Å². The number of anilines is 1. The minimum Gasteiger partial charge on any atom is -0.342 e. The average Bonchev–Trinajstić information content (AvgIpc) is 3.14. The third kappa shape index (κ3) is 2.71. The fourth-order valence-corrected chi connectivity index (χ4v) is 3.97. The lowest BCUT2D eigenvalue weighted by Crippen LogP contribution is -2.34. The lowest BCUT2D eigenvalue weighted by Gasteiger charge is -2.31. The number of rotatable bonds is 2. The molecule has 1 aliphatic heterocycles. The molecule has 0 atom stereocenters. The minimum atomic E-state index is -0.306. The zero-order valence-electron chi connectivity index (χ0n) is 16.1. The zero-order valence-corrected chi connectivity index (χ0v) is 16.1. The molecule has 142 valence electrons. The quantitative estimate of drug-likeness (QED) is 0.513. The van der Waals surface area contributed by atoms with E-state index < -0.39 is 0 Å². The number of piperidine rings is 1. The molecule has 0 N–H and O–H groups in total. The monoisotopic (exact) mass is 375 g/mol. The van der Waals surface area contributed by atoms with E-state index in [2.05, 4.69) is 34.2 Å². The van der Waals surface area contributed by atoms with Gasteiger partial charge in [0.1, 0.15) is 5.82 Å². The van der Waals surface area contributed by atoms with Gasteiger partial charge in [0, 0.05) is 18.5 Å². The molecule has 3 heterocycles. The summed E-state index contributed by atoms with van der Waals surface area (Å²) in [5.41, 5.74) is 3.18. The van der Waals surface area contributed by atoms with E-state index in [4.69, 9.17) is 4.98 Å². The summed E-state index contributed by atoms with van der Waals surface area (Å²) in [4.78, 5) is 7.25. The summed E-state index contributed by atoms with van der Waals surface area (Å²) in [6.45, 7) is 6.18. The summed E-state index contributed by atoms with van der Waals surface area (Å²) in [7, 11) is 0. The van der Waals surface area contributed by atoms with Crippen molar-refractivity contribution in [3.05, 3.63) is 53.8 Å². The molecule has 28 heavy (non-hydrogen) atoms. The lowest BCUT2D eigenvalue weighted by atomic mass is 9.99. The Balaban J connectivity index is 1.81. The van der Waals surface area contributed by atoms with E-state index in [9.17, 15) is 4.39 Å². The molecular weight excluding hydrogens is 353 g/mol. The second-order valence-electron chi connectivity index (χ2n) is 7.76. The standard InChI is InChI=1S/C22H22FN5/c1-14-9-11-27(12-10-14)22-24-19-8-7-15(2)13-17(19)21-26-25-20(28(21)22)16-5-3-4-6-18(16)23/h3-8,13-14H,9-12H2,1-2H3. The van der Waals surface area contributed by atoms with Gasteiger partial charge in [-0.1, -0.05) is 30.7 Å². The lowest BCUT2D eigenvalue weighted by molar-refractivity contribution is 0.434. The molecule has 6 heteroatoms. The van der Waals surface area contributed by atoms with Crippen molar-refractivity contribution in [2.45, 2.75) is 26.7 Å². The Hall–Kier alpha value is -3.02. The van der Waals surface area contributed by atoms with Crippen LogP contribution in [0.25, 0.3) is 27.9 Å². The van der Waals surface area contributed by atoms with Gasteiger partial charge >= 0.3 is 0 Å². The van der Waals surface area contributed by atoms with Crippen LogP contribution in [0.3, 0.4) is 0 Å². The van der Waals surface area contributed by atoms with Crippen LogP contribution in [-0.2, 0) is 0 Å². The normalized spacial score (nSPS) is 15.6. The van der Waals surface area contributed by atoms with Gasteiger partial charge in [-0.05, 0) is 49.9 Å². The number of hydrogen-bond donors (Lipinski definition) is 0. The van der Waals surface area contributed by atoms with Crippen LogP contribution in [0.5, 0.6) is 0 Å². The number of aryl methyl sites for hydroxylation is 1. The topological polar surface area (TPSA) is 46.3 Å². The molecule has 4 aromatic rings. The first-order chi connectivity index (χ1) is 13.6. The smallest absolute Gasteiger partial charge is 0.213 e. The molecule has 1 saturated heterocycles. The Bertz CT molecular complexity index is 1170. The second-order valence-corrected chi connectivity index (χ2v) is 7.76. The highest BCUT2D eigenvalue weighted by molar-refractivity contribution is 5.94. The van der Waals surface area contributed by atoms with Gasteiger partial charge in [-0.25, -0.2) is 13.8 Å². The molecule has 1 fully saturated rings. The summed E-state index contributed by atoms with van der Waals surface area (Å²) in [6.07, 6.45) is 2.23. The van der Waals surface area contributed by atoms with Crippen molar-refractivity contribution in [2.75, 3.05) is 18.0 Å². The molecule has 0 radical (unpaired) electrons. The molecular formula is C22H22FN5. The molecule has 0 saturated carbocycles. The largest absolute Gasteiger partial charge is 0.342 e. The van der Waals surface area contributed by atoms with Crippen molar-refractivity contribution < 1.29 is 4.39 Å². The number of nitrogens with zero attached hydrogens (tertiary/aromatic N) is 5. The van der Waals surface area contributed by atoms with E-state index in [0.29, 0.717) is 17.3 Å². The molecule has 0 amide bonds. The van der Waals surface area contributed by atoms with Crippen molar-refractivity contribution in [3.8, 4) is 11.4 Å². The summed E-state index contributed by atoms with van der Waals surface area (Å²) in [5.74, 6) is 1.69. The Morgan fingerprint density at radius 2 is 1.82 bits per heavy atom. The highest BCUT2D eigenvalue weighted by atomic mass is 19.1. The van der Waals surface area contributed by atoms with E-state index in [1.54, 1.807) is 12.1 Å². The molecule has 1 aliphatic rings. The summed E-state index contributed by atoms with van der Waals surface area (Å²) < 4.78 is 16.5. The van der Waals surface area contributed by atoms with Crippen LogP contribution in [0.2, 0.25) is 0 Å². The molecule has 0 unspecified atom stereocenters. The van der Waals surface area contributed by atoms with Gasteiger partial charge in [-0.3, -0.25) is 0 Å². The van der Waals surface area contributed by atoms with Crippen molar-refractivity contribution >= 4 is 22.5 Å². The number of halogens is 1. The molecule has 5 rings (SSSR count). The van der Waals surface area contributed by atoms with Crippen LogP contribution in [0.15, 0.2) is 42.5 Å². The summed E-state index contributed by atoms with van der Waals surface area (Å²) in [6, 6.07) is 12.9. The molecule has 2 aromatic heterocycles. The predicted molar refractivity (Wildman–Crippen MR) is 109 cm³/mol. The Morgan fingerprint density at radius 1 is 1.04 bits per heavy atom. The van der Waals surface area contributed by atoms with Crippen molar-refractivity contribution in [2.24, 2.45) is 5.92 Å². The van der Waals surface area contributed by atoms with Crippen LogP contribution < -0.4 is 4.90 Å². The van der Waals surface area contributed by atoms with Crippen LogP contribution in [0.4, 0.5) is 10.3 Å². The zero-order chi connectivity index (χ0) is 19.3. The Labute approximate surface area is 162 Å². The maximum absolute atomic E-state index is 14.6. The van der Waals surface area contributed by atoms with E-state index >= 15 is 0 Å². The molecule has 2 aromatic carbocycles. The van der Waals surface area contributed by atoms with E-state index in [1.807, 2.05) is 23.5 Å². The van der Waals surface area contributed by atoms with E-state index in [1.165, 1.54) is 6.07 Å². The molecule has 0 spiro atoms. The van der Waals surface area contributed by atoms with Gasteiger partial charge in [0.15, 0.2) is 11.5 Å². The number of aromatic nitrogens is 4. The first-order valence-electron chi connectivity index (χ1n) is 9.77. The molecule has 0 bridgehead atoms. The van der Waals surface area contributed by atoms with Gasteiger partial charge in [0.05, 0.1) is 11.1 Å². The van der Waals surface area contributed by atoms with Gasteiger partial charge in [-0.2, -0.15) is 0 Å². The van der Waals surface area contributed by atoms with Gasteiger partial charge in [0.25, 0.3) is 0 Å². The third-order valence-electron chi connectivity index (χ3n) is 5.66. The highest BCUT2D eigenvalue weighted by Gasteiger charge is 2.24. The number of hydrogen-bond acceptors (Lipinski definition) is 4. The van der Waals surface area contributed by atoms with Gasteiger partial charge in [0.2, 0.25) is 5.95 Å². The third-order valence-corrected chi connectivity index (χ3v) is 5.66. The molecule has 0 aliphatic carbocycles. The minimum absolute atomic E-state index is 0.306. The van der Waals surface area contributed by atoms with Crippen molar-refractivity contribution in [1.29, 1.82) is 0 Å². The average molecular weight is 375 g/mol.